The molecule has 0 radical (unpaired) electrons. The number of pyridine rings is 2. The Labute approximate surface area is 156 Å². The van der Waals surface area contributed by atoms with Gasteiger partial charge in [0.15, 0.2) is 0 Å². The summed E-state index contributed by atoms with van der Waals surface area (Å²) in [7, 11) is 1.50. The molecule has 0 atom stereocenters. The molecule has 0 aliphatic rings. The Morgan fingerprint density at radius 3 is 2.58 bits per heavy atom. The molecule has 0 amide bonds. The van der Waals surface area contributed by atoms with Crippen LogP contribution in [0.1, 0.15) is 5.56 Å². The molecule has 0 saturated heterocycles. The van der Waals surface area contributed by atoms with E-state index in [1.54, 1.807) is 17.5 Å². The van der Waals surface area contributed by atoms with Crippen molar-refractivity contribution in [1.82, 2.24) is 20.2 Å². The maximum atomic E-state index is 4.50. The Bertz CT molecular complexity index is 954. The van der Waals surface area contributed by atoms with Crippen molar-refractivity contribution in [3.63, 3.8) is 0 Å². The van der Waals surface area contributed by atoms with Crippen LogP contribution in [0.15, 0.2) is 61.2 Å². The Morgan fingerprint density at radius 1 is 0.923 bits per heavy atom. The van der Waals surface area contributed by atoms with Crippen molar-refractivity contribution in [3.8, 4) is 10.6 Å². The predicted octanol–water partition coefficient (Wildman–Crippen LogP) is 3.38. The Hall–Kier alpha value is -2.90. The summed E-state index contributed by atoms with van der Waals surface area (Å²) in [6, 6.07) is 12.3. The van der Waals surface area contributed by atoms with Gasteiger partial charge in [-0.15, -0.1) is 10.2 Å². The molecule has 132 valence electrons. The largest absolute Gasteiger partial charge is 0.360 e. The van der Waals surface area contributed by atoms with E-state index in [1.807, 2.05) is 36.8 Å². The Kier molecular flexibility index (Phi) is 6.19. The predicted molar refractivity (Wildman–Crippen MR) is 107 cm³/mol. The second-order valence-electron chi connectivity index (χ2n) is 5.38. The maximum Gasteiger partial charge on any atom is 0.206 e. The minimum absolute atomic E-state index is 0.821. The van der Waals surface area contributed by atoms with Gasteiger partial charge in [0.1, 0.15) is 5.01 Å². The van der Waals surface area contributed by atoms with Crippen molar-refractivity contribution in [2.45, 2.75) is 6.42 Å². The van der Waals surface area contributed by atoms with E-state index in [-0.39, 0.29) is 0 Å². The lowest BCUT2D eigenvalue weighted by Gasteiger charge is -2.01. The number of nitrogens with zero attached hydrogens (tertiary/aromatic N) is 4. The number of anilines is 1. The van der Waals surface area contributed by atoms with Crippen molar-refractivity contribution < 1.29 is 0 Å². The van der Waals surface area contributed by atoms with Gasteiger partial charge in [-0.2, -0.15) is 0 Å². The highest BCUT2D eigenvalue weighted by atomic mass is 32.1. The molecule has 0 spiro atoms. The molecule has 4 rings (SSSR count). The van der Waals surface area contributed by atoms with Crippen LogP contribution >= 0.6 is 11.3 Å². The summed E-state index contributed by atoms with van der Waals surface area (Å²) in [4.78, 5) is 8.16. The van der Waals surface area contributed by atoms with Crippen LogP contribution in [0.25, 0.3) is 21.3 Å². The fourth-order valence-electron chi connectivity index (χ4n) is 2.49. The number of hydrogen-bond acceptors (Lipinski definition) is 7. The van der Waals surface area contributed by atoms with Crippen LogP contribution in [0.5, 0.6) is 0 Å². The number of nitrogens with two attached hydrogens (primary N) is 1. The third-order valence-corrected chi connectivity index (χ3v) is 4.68. The van der Waals surface area contributed by atoms with Gasteiger partial charge < -0.3 is 11.1 Å². The van der Waals surface area contributed by atoms with Crippen LogP contribution in [0.2, 0.25) is 0 Å². The van der Waals surface area contributed by atoms with Gasteiger partial charge in [-0.05, 0) is 48.7 Å². The third kappa shape index (κ3) is 4.38. The molecule has 0 aliphatic heterocycles. The monoisotopic (exact) mass is 364 g/mol. The summed E-state index contributed by atoms with van der Waals surface area (Å²) in [5, 5.41) is 15.9. The zero-order chi connectivity index (χ0) is 18.2. The Balaban J connectivity index is 0.000000948. The highest BCUT2D eigenvalue weighted by molar-refractivity contribution is 7.18. The summed E-state index contributed by atoms with van der Waals surface area (Å²) in [5.74, 6) is 0. The molecule has 7 heteroatoms. The van der Waals surface area contributed by atoms with Gasteiger partial charge in [0.25, 0.3) is 0 Å². The van der Waals surface area contributed by atoms with Gasteiger partial charge in [0, 0.05) is 42.3 Å². The minimum Gasteiger partial charge on any atom is -0.360 e. The number of benzene rings is 1. The zero-order valence-electron chi connectivity index (χ0n) is 14.5. The van der Waals surface area contributed by atoms with Gasteiger partial charge in [-0.25, -0.2) is 0 Å². The fraction of sp³-hybridized carbons (Fsp3) is 0.158. The second-order valence-corrected chi connectivity index (χ2v) is 6.36. The number of fused-ring (bicyclic) bond motifs is 1. The number of nitrogens with one attached hydrogen (secondary N) is 1. The van der Waals surface area contributed by atoms with Gasteiger partial charge in [0.2, 0.25) is 5.13 Å². The van der Waals surface area contributed by atoms with Crippen LogP contribution in [0, 0.1) is 0 Å². The molecule has 4 aromatic rings. The average Bonchev–Trinajstić information content (AvgIpc) is 3.19. The van der Waals surface area contributed by atoms with Crippen LogP contribution in [-0.2, 0) is 6.42 Å². The summed E-state index contributed by atoms with van der Waals surface area (Å²) in [6.45, 7) is 0.821. The van der Waals surface area contributed by atoms with E-state index in [9.17, 15) is 0 Å². The van der Waals surface area contributed by atoms with Crippen molar-refractivity contribution in [3.05, 3.63) is 66.7 Å². The van der Waals surface area contributed by atoms with Crippen molar-refractivity contribution in [2.24, 2.45) is 5.73 Å². The van der Waals surface area contributed by atoms with Crippen LogP contribution in [0.4, 0.5) is 5.13 Å². The van der Waals surface area contributed by atoms with Crippen LogP contribution in [-0.4, -0.2) is 33.8 Å². The summed E-state index contributed by atoms with van der Waals surface area (Å²) >= 11 is 1.57. The summed E-state index contributed by atoms with van der Waals surface area (Å²) < 4.78 is 0. The lowest BCUT2D eigenvalue weighted by atomic mass is 10.1. The van der Waals surface area contributed by atoms with E-state index in [0.29, 0.717) is 0 Å². The first kappa shape index (κ1) is 17.9. The van der Waals surface area contributed by atoms with E-state index >= 15 is 0 Å². The zero-order valence-corrected chi connectivity index (χ0v) is 15.3. The molecule has 3 aromatic heterocycles. The highest BCUT2D eigenvalue weighted by Crippen LogP contribution is 2.28. The van der Waals surface area contributed by atoms with Crippen molar-refractivity contribution >= 4 is 27.2 Å². The molecule has 0 aliphatic carbocycles. The highest BCUT2D eigenvalue weighted by Gasteiger charge is 2.07. The van der Waals surface area contributed by atoms with Crippen LogP contribution < -0.4 is 11.1 Å². The third-order valence-electron chi connectivity index (χ3n) is 3.75. The maximum absolute atomic E-state index is 4.50. The molecule has 0 unspecified atom stereocenters. The summed E-state index contributed by atoms with van der Waals surface area (Å²) in [6.07, 6.45) is 8.23. The van der Waals surface area contributed by atoms with Crippen molar-refractivity contribution in [2.75, 3.05) is 18.9 Å². The molecule has 3 heterocycles. The SMILES string of the molecule is CN.c1cc(CCNc2nnc(-c3ccc4cnccc4c3)s2)ccn1. The number of rotatable bonds is 5. The first-order valence-corrected chi connectivity index (χ1v) is 9.08. The first-order chi connectivity index (χ1) is 12.9. The smallest absolute Gasteiger partial charge is 0.206 e. The van der Waals surface area contributed by atoms with E-state index in [2.05, 4.69) is 49.4 Å². The topological polar surface area (TPSA) is 89.6 Å². The van der Waals surface area contributed by atoms with Gasteiger partial charge in [-0.3, -0.25) is 9.97 Å². The molecule has 1 aromatic carbocycles. The summed E-state index contributed by atoms with van der Waals surface area (Å²) in [5.41, 5.74) is 6.83. The van der Waals surface area contributed by atoms with Gasteiger partial charge in [-0.1, -0.05) is 23.5 Å². The van der Waals surface area contributed by atoms with Crippen LogP contribution in [0.3, 0.4) is 0 Å². The molecule has 3 N–H and O–H groups in total. The fourth-order valence-corrected chi connectivity index (χ4v) is 3.26. The number of hydrogen-bond donors (Lipinski definition) is 2. The molecule has 6 nitrogen and oxygen atoms in total. The Morgan fingerprint density at radius 2 is 1.73 bits per heavy atom. The van der Waals surface area contributed by atoms with E-state index in [0.717, 1.165) is 39.4 Å². The molecule has 26 heavy (non-hydrogen) atoms. The minimum atomic E-state index is 0.821. The molecule has 0 bridgehead atoms. The standard InChI is InChI=1S/C18H15N5S.CH5N/c1-2-16-12-20-9-6-14(16)11-15(1)17-22-23-18(24-17)21-10-5-13-3-7-19-8-4-13;1-2/h1-4,6-9,11-12H,5,10H2,(H,21,23);2H2,1H3. The molecular weight excluding hydrogens is 344 g/mol. The average molecular weight is 364 g/mol. The van der Waals surface area contributed by atoms with Gasteiger partial charge in [0.05, 0.1) is 0 Å². The quantitative estimate of drug-likeness (QED) is 0.564. The lowest BCUT2D eigenvalue weighted by Crippen LogP contribution is -2.04. The molecular formula is C19H20N6S. The van der Waals surface area contributed by atoms with E-state index in [1.165, 1.54) is 12.6 Å². The molecule has 0 fully saturated rings. The normalized spacial score (nSPS) is 10.2. The van der Waals surface area contributed by atoms with E-state index in [4.69, 9.17) is 0 Å². The van der Waals surface area contributed by atoms with Crippen molar-refractivity contribution in [1.29, 1.82) is 0 Å². The lowest BCUT2D eigenvalue weighted by molar-refractivity contribution is 0.991. The second kappa shape index (κ2) is 8.98. The van der Waals surface area contributed by atoms with Gasteiger partial charge >= 0.3 is 0 Å². The number of aromatic nitrogens is 4. The van der Waals surface area contributed by atoms with E-state index < -0.39 is 0 Å². The molecule has 0 saturated carbocycles. The first-order valence-electron chi connectivity index (χ1n) is 8.27.